The molecule has 0 atom stereocenters. The van der Waals surface area contributed by atoms with E-state index in [9.17, 15) is 4.39 Å². The van der Waals surface area contributed by atoms with Crippen LogP contribution in [-0.2, 0) is 6.54 Å². The normalized spacial score (nSPS) is 10.7. The summed E-state index contributed by atoms with van der Waals surface area (Å²) in [7, 11) is 0. The van der Waals surface area contributed by atoms with Gasteiger partial charge in [0.05, 0.1) is 5.02 Å². The van der Waals surface area contributed by atoms with Gasteiger partial charge in [0.1, 0.15) is 5.82 Å². The molecule has 0 spiro atoms. The second kappa shape index (κ2) is 6.18. The molecular weight excluding hydrogens is 261 g/mol. The molecule has 0 aliphatic heterocycles. The van der Waals surface area contributed by atoms with Crippen LogP contribution in [0.1, 0.15) is 18.1 Å². The first-order valence-electron chi connectivity index (χ1n) is 6.37. The van der Waals surface area contributed by atoms with Gasteiger partial charge >= 0.3 is 0 Å². The van der Waals surface area contributed by atoms with Crippen molar-refractivity contribution in [2.24, 2.45) is 0 Å². The molecule has 0 saturated carbocycles. The summed E-state index contributed by atoms with van der Waals surface area (Å²) in [6, 6.07) is 11.1. The standard InChI is InChI=1S/C16H17ClFN/c1-3-19-10-12-4-6-14(11(2)8-12)13-5-7-16(18)15(17)9-13/h4-9,19H,3,10H2,1-2H3. The molecule has 0 saturated heterocycles. The summed E-state index contributed by atoms with van der Waals surface area (Å²) in [5.41, 5.74) is 4.44. The third-order valence-electron chi connectivity index (χ3n) is 3.10. The number of nitrogens with one attached hydrogen (secondary N) is 1. The number of benzene rings is 2. The van der Waals surface area contributed by atoms with E-state index in [0.717, 1.165) is 29.8 Å². The zero-order valence-corrected chi connectivity index (χ0v) is 11.9. The molecule has 2 aromatic rings. The fourth-order valence-electron chi connectivity index (χ4n) is 2.09. The Balaban J connectivity index is 2.32. The van der Waals surface area contributed by atoms with Gasteiger partial charge in [-0.1, -0.05) is 42.8 Å². The summed E-state index contributed by atoms with van der Waals surface area (Å²) >= 11 is 5.83. The number of hydrogen-bond acceptors (Lipinski definition) is 1. The molecule has 0 fully saturated rings. The lowest BCUT2D eigenvalue weighted by Crippen LogP contribution is -2.11. The highest BCUT2D eigenvalue weighted by molar-refractivity contribution is 6.31. The van der Waals surface area contributed by atoms with Crippen LogP contribution >= 0.6 is 11.6 Å². The maximum atomic E-state index is 13.2. The van der Waals surface area contributed by atoms with Gasteiger partial charge in [-0.3, -0.25) is 0 Å². The van der Waals surface area contributed by atoms with Gasteiger partial charge in [0.2, 0.25) is 0 Å². The van der Waals surface area contributed by atoms with Crippen molar-refractivity contribution in [1.82, 2.24) is 5.32 Å². The Hall–Kier alpha value is -1.38. The minimum Gasteiger partial charge on any atom is -0.313 e. The minimum atomic E-state index is -0.383. The lowest BCUT2D eigenvalue weighted by molar-refractivity contribution is 0.628. The molecule has 0 aliphatic carbocycles. The molecule has 1 N–H and O–H groups in total. The third kappa shape index (κ3) is 3.34. The second-order valence-electron chi connectivity index (χ2n) is 4.56. The molecule has 0 bridgehead atoms. The van der Waals surface area contributed by atoms with Crippen molar-refractivity contribution in [3.8, 4) is 11.1 Å². The highest BCUT2D eigenvalue weighted by atomic mass is 35.5. The molecule has 19 heavy (non-hydrogen) atoms. The van der Waals surface area contributed by atoms with Gasteiger partial charge in [0.25, 0.3) is 0 Å². The van der Waals surface area contributed by atoms with Crippen LogP contribution in [0.2, 0.25) is 5.02 Å². The molecule has 0 aliphatic rings. The molecule has 3 heteroatoms. The Morgan fingerprint density at radius 1 is 1.16 bits per heavy atom. The van der Waals surface area contributed by atoms with E-state index in [0.29, 0.717) is 0 Å². The van der Waals surface area contributed by atoms with Crippen LogP contribution in [0.25, 0.3) is 11.1 Å². The first-order valence-corrected chi connectivity index (χ1v) is 6.75. The third-order valence-corrected chi connectivity index (χ3v) is 3.39. The van der Waals surface area contributed by atoms with E-state index in [2.05, 4.69) is 37.4 Å². The van der Waals surface area contributed by atoms with Crippen molar-refractivity contribution in [1.29, 1.82) is 0 Å². The van der Waals surface area contributed by atoms with Crippen LogP contribution in [0.15, 0.2) is 36.4 Å². The van der Waals surface area contributed by atoms with E-state index >= 15 is 0 Å². The lowest BCUT2D eigenvalue weighted by Gasteiger charge is -2.10. The molecule has 0 aromatic heterocycles. The molecule has 0 amide bonds. The second-order valence-corrected chi connectivity index (χ2v) is 4.97. The average Bonchev–Trinajstić information content (AvgIpc) is 2.40. The highest BCUT2D eigenvalue weighted by Gasteiger charge is 2.06. The summed E-state index contributed by atoms with van der Waals surface area (Å²) in [6.45, 7) is 5.96. The van der Waals surface area contributed by atoms with Gasteiger partial charge in [-0.05, 0) is 47.9 Å². The van der Waals surface area contributed by atoms with E-state index in [1.54, 1.807) is 12.1 Å². The van der Waals surface area contributed by atoms with Crippen LogP contribution in [0.5, 0.6) is 0 Å². The van der Waals surface area contributed by atoms with Gasteiger partial charge in [0.15, 0.2) is 0 Å². The van der Waals surface area contributed by atoms with Crippen molar-refractivity contribution in [3.05, 3.63) is 58.4 Å². The predicted octanol–water partition coefficient (Wildman–Crippen LogP) is 4.56. The number of rotatable bonds is 4. The summed E-state index contributed by atoms with van der Waals surface area (Å²) < 4.78 is 13.2. The zero-order valence-electron chi connectivity index (χ0n) is 11.1. The van der Waals surface area contributed by atoms with Crippen molar-refractivity contribution < 1.29 is 4.39 Å². The lowest BCUT2D eigenvalue weighted by atomic mass is 9.98. The van der Waals surface area contributed by atoms with Crippen LogP contribution < -0.4 is 5.32 Å². The van der Waals surface area contributed by atoms with E-state index in [1.165, 1.54) is 11.6 Å². The fraction of sp³-hybridized carbons (Fsp3) is 0.250. The maximum Gasteiger partial charge on any atom is 0.141 e. The maximum absolute atomic E-state index is 13.2. The number of halogens is 2. The quantitative estimate of drug-likeness (QED) is 0.864. The molecule has 100 valence electrons. The Labute approximate surface area is 118 Å². The van der Waals surface area contributed by atoms with Crippen LogP contribution in [0.3, 0.4) is 0 Å². The monoisotopic (exact) mass is 277 g/mol. The van der Waals surface area contributed by atoms with Gasteiger partial charge < -0.3 is 5.32 Å². The number of aryl methyl sites for hydroxylation is 1. The van der Waals surface area contributed by atoms with Crippen LogP contribution in [0.4, 0.5) is 4.39 Å². The molecule has 2 rings (SSSR count). The minimum absolute atomic E-state index is 0.161. The van der Waals surface area contributed by atoms with Crippen molar-refractivity contribution in [2.75, 3.05) is 6.54 Å². The molecule has 0 heterocycles. The van der Waals surface area contributed by atoms with Gasteiger partial charge in [-0.25, -0.2) is 4.39 Å². The summed E-state index contributed by atoms with van der Waals surface area (Å²) in [4.78, 5) is 0. The molecule has 0 unspecified atom stereocenters. The Morgan fingerprint density at radius 2 is 1.95 bits per heavy atom. The van der Waals surface area contributed by atoms with E-state index in [1.807, 2.05) is 0 Å². The van der Waals surface area contributed by atoms with Gasteiger partial charge in [-0.15, -0.1) is 0 Å². The Kier molecular flexibility index (Phi) is 4.56. The first-order chi connectivity index (χ1) is 9.11. The molecular formula is C16H17ClFN. The zero-order chi connectivity index (χ0) is 13.8. The molecule has 0 radical (unpaired) electrons. The van der Waals surface area contributed by atoms with Gasteiger partial charge in [0, 0.05) is 6.54 Å². The van der Waals surface area contributed by atoms with Crippen molar-refractivity contribution in [2.45, 2.75) is 20.4 Å². The Morgan fingerprint density at radius 3 is 2.58 bits per heavy atom. The average molecular weight is 278 g/mol. The summed E-state index contributed by atoms with van der Waals surface area (Å²) in [5.74, 6) is -0.383. The van der Waals surface area contributed by atoms with E-state index < -0.39 is 0 Å². The largest absolute Gasteiger partial charge is 0.313 e. The number of hydrogen-bond donors (Lipinski definition) is 1. The fourth-order valence-corrected chi connectivity index (χ4v) is 2.27. The van der Waals surface area contributed by atoms with E-state index in [4.69, 9.17) is 11.6 Å². The molecule has 2 aromatic carbocycles. The first kappa shape index (κ1) is 14.0. The van der Waals surface area contributed by atoms with Crippen LogP contribution in [-0.4, -0.2) is 6.54 Å². The highest BCUT2D eigenvalue weighted by Crippen LogP contribution is 2.28. The van der Waals surface area contributed by atoms with Gasteiger partial charge in [-0.2, -0.15) is 0 Å². The SMILES string of the molecule is CCNCc1ccc(-c2ccc(F)c(Cl)c2)c(C)c1. The predicted molar refractivity (Wildman–Crippen MR) is 79.0 cm³/mol. The van der Waals surface area contributed by atoms with E-state index in [-0.39, 0.29) is 10.8 Å². The molecule has 1 nitrogen and oxygen atoms in total. The Bertz CT molecular complexity index is 581. The summed E-state index contributed by atoms with van der Waals surface area (Å²) in [5, 5.41) is 3.46. The van der Waals surface area contributed by atoms with Crippen LogP contribution in [0, 0.1) is 12.7 Å². The van der Waals surface area contributed by atoms with Crippen molar-refractivity contribution in [3.63, 3.8) is 0 Å². The topological polar surface area (TPSA) is 12.0 Å². The van der Waals surface area contributed by atoms with Crippen molar-refractivity contribution >= 4 is 11.6 Å². The smallest absolute Gasteiger partial charge is 0.141 e. The summed E-state index contributed by atoms with van der Waals surface area (Å²) in [6.07, 6.45) is 0.